The van der Waals surface area contributed by atoms with Crippen LogP contribution in [0, 0.1) is 13.8 Å². The van der Waals surface area contributed by atoms with Gasteiger partial charge in [-0.3, -0.25) is 4.79 Å². The van der Waals surface area contributed by atoms with E-state index in [9.17, 15) is 13.2 Å². The number of carbonyl (C=O) groups is 1. The molecule has 1 amide bonds. The van der Waals surface area contributed by atoms with Crippen LogP contribution >= 0.6 is 11.6 Å². The van der Waals surface area contributed by atoms with E-state index in [-0.39, 0.29) is 23.7 Å². The molecule has 28 heavy (non-hydrogen) atoms. The quantitative estimate of drug-likeness (QED) is 0.763. The molecular formula is C18H22ClN3O5S. The number of aromatic nitrogens is 1. The Balaban J connectivity index is 1.88. The molecule has 0 saturated carbocycles. The van der Waals surface area contributed by atoms with Gasteiger partial charge in [-0.05, 0) is 37.6 Å². The number of morpholine rings is 1. The molecule has 1 fully saturated rings. The van der Waals surface area contributed by atoms with Crippen molar-refractivity contribution in [3.05, 3.63) is 40.2 Å². The summed E-state index contributed by atoms with van der Waals surface area (Å²) in [5.74, 6) is 0.0377. The highest BCUT2D eigenvalue weighted by atomic mass is 35.5. The third kappa shape index (κ3) is 3.88. The Labute approximate surface area is 168 Å². The average Bonchev–Trinajstić information content (AvgIpc) is 2.97. The Hall–Kier alpha value is -2.07. The summed E-state index contributed by atoms with van der Waals surface area (Å²) in [7, 11) is -2.22. The first-order chi connectivity index (χ1) is 13.3. The minimum atomic E-state index is -3.72. The van der Waals surface area contributed by atoms with Crippen LogP contribution in [-0.4, -0.2) is 57.0 Å². The highest BCUT2D eigenvalue weighted by Crippen LogP contribution is 2.29. The molecule has 1 aromatic heterocycles. The summed E-state index contributed by atoms with van der Waals surface area (Å²) in [4.78, 5) is 15.8. The van der Waals surface area contributed by atoms with E-state index in [1.54, 1.807) is 32.0 Å². The van der Waals surface area contributed by atoms with Crippen molar-refractivity contribution in [2.24, 2.45) is 0 Å². The lowest BCUT2D eigenvalue weighted by Crippen LogP contribution is -2.40. The van der Waals surface area contributed by atoms with Gasteiger partial charge in [-0.25, -0.2) is 8.42 Å². The van der Waals surface area contributed by atoms with Crippen LogP contribution in [0.4, 0.5) is 5.69 Å². The summed E-state index contributed by atoms with van der Waals surface area (Å²) in [6, 6.07) is 4.85. The molecule has 1 aliphatic rings. The number of sulfonamides is 1. The van der Waals surface area contributed by atoms with Gasteiger partial charge in [0, 0.05) is 24.5 Å². The van der Waals surface area contributed by atoms with Crippen LogP contribution in [0.25, 0.3) is 0 Å². The van der Waals surface area contributed by atoms with Crippen molar-refractivity contribution >= 4 is 33.2 Å². The summed E-state index contributed by atoms with van der Waals surface area (Å²) in [5, 5.41) is 3.08. The van der Waals surface area contributed by atoms with E-state index in [1.807, 2.05) is 0 Å². The number of rotatable bonds is 5. The van der Waals surface area contributed by atoms with E-state index in [0.717, 1.165) is 0 Å². The number of nitrogens with zero attached hydrogens (tertiary/aromatic N) is 1. The molecule has 0 spiro atoms. The first kappa shape index (κ1) is 20.7. The van der Waals surface area contributed by atoms with Crippen LogP contribution in [-0.2, 0) is 14.8 Å². The van der Waals surface area contributed by atoms with Crippen LogP contribution in [0.2, 0.25) is 5.02 Å². The van der Waals surface area contributed by atoms with Gasteiger partial charge in [-0.2, -0.15) is 4.31 Å². The SMILES string of the molecule is COc1ccc(NC(=O)c2[nH]c(C)c(S(=O)(=O)N3CCOCC3)c2C)cc1Cl. The maximum Gasteiger partial charge on any atom is 0.272 e. The second-order valence-corrected chi connectivity index (χ2v) is 8.68. The zero-order chi connectivity index (χ0) is 20.5. The van der Waals surface area contributed by atoms with E-state index >= 15 is 0 Å². The lowest BCUT2D eigenvalue weighted by Gasteiger charge is -2.26. The van der Waals surface area contributed by atoms with Crippen molar-refractivity contribution < 1.29 is 22.7 Å². The van der Waals surface area contributed by atoms with Gasteiger partial charge >= 0.3 is 0 Å². The van der Waals surface area contributed by atoms with Crippen LogP contribution in [0.1, 0.15) is 21.7 Å². The molecule has 2 heterocycles. The standard InChI is InChI=1S/C18H22ClN3O5S/c1-11-16(18(23)21-13-4-5-15(26-3)14(19)10-13)20-12(2)17(11)28(24,25)22-6-8-27-9-7-22/h4-5,10,20H,6-9H2,1-3H3,(H,21,23). The molecule has 8 nitrogen and oxygen atoms in total. The molecule has 1 aliphatic heterocycles. The average molecular weight is 428 g/mol. The van der Waals surface area contributed by atoms with E-state index in [4.69, 9.17) is 21.1 Å². The number of hydrogen-bond donors (Lipinski definition) is 2. The number of benzene rings is 1. The Morgan fingerprint density at radius 1 is 1.29 bits per heavy atom. The number of aryl methyl sites for hydroxylation is 1. The fourth-order valence-electron chi connectivity index (χ4n) is 3.20. The fourth-order valence-corrected chi connectivity index (χ4v) is 5.27. The lowest BCUT2D eigenvalue weighted by atomic mass is 10.2. The summed E-state index contributed by atoms with van der Waals surface area (Å²) in [6.45, 7) is 4.55. The lowest BCUT2D eigenvalue weighted by molar-refractivity contribution is 0.0730. The molecule has 1 saturated heterocycles. The van der Waals surface area contributed by atoms with Gasteiger partial charge < -0.3 is 19.8 Å². The Morgan fingerprint density at radius 2 is 1.96 bits per heavy atom. The van der Waals surface area contributed by atoms with Gasteiger partial charge in [-0.15, -0.1) is 0 Å². The van der Waals surface area contributed by atoms with Crippen molar-refractivity contribution in [3.63, 3.8) is 0 Å². The maximum atomic E-state index is 13.0. The van der Waals surface area contributed by atoms with Gasteiger partial charge in [0.1, 0.15) is 16.3 Å². The highest BCUT2D eigenvalue weighted by molar-refractivity contribution is 7.89. The number of aromatic amines is 1. The van der Waals surface area contributed by atoms with E-state index in [2.05, 4.69) is 10.3 Å². The molecule has 2 aromatic rings. The third-order valence-corrected chi connectivity index (χ3v) is 7.04. The van der Waals surface area contributed by atoms with E-state index in [0.29, 0.717) is 40.9 Å². The zero-order valence-corrected chi connectivity index (χ0v) is 17.4. The predicted octanol–water partition coefficient (Wildman–Crippen LogP) is 2.57. The molecule has 10 heteroatoms. The van der Waals surface area contributed by atoms with Gasteiger partial charge in [0.25, 0.3) is 5.91 Å². The topological polar surface area (TPSA) is 101 Å². The smallest absolute Gasteiger partial charge is 0.272 e. The third-order valence-electron chi connectivity index (χ3n) is 4.57. The largest absolute Gasteiger partial charge is 0.495 e. The summed E-state index contributed by atoms with van der Waals surface area (Å²) >= 11 is 6.09. The van der Waals surface area contributed by atoms with E-state index < -0.39 is 15.9 Å². The molecule has 0 aliphatic carbocycles. The number of anilines is 1. The zero-order valence-electron chi connectivity index (χ0n) is 15.8. The Kier molecular flexibility index (Phi) is 5.99. The summed E-state index contributed by atoms with van der Waals surface area (Å²) in [6.07, 6.45) is 0. The van der Waals surface area contributed by atoms with Gasteiger partial charge in [-0.1, -0.05) is 11.6 Å². The van der Waals surface area contributed by atoms with Gasteiger partial charge in [0.2, 0.25) is 10.0 Å². The fraction of sp³-hybridized carbons (Fsp3) is 0.389. The number of amides is 1. The molecule has 1 aromatic carbocycles. The van der Waals surface area contributed by atoms with Crippen molar-refractivity contribution in [1.82, 2.24) is 9.29 Å². The Bertz CT molecular complexity index is 997. The number of carbonyl (C=O) groups excluding carboxylic acids is 1. The Morgan fingerprint density at radius 3 is 2.57 bits per heavy atom. The summed E-state index contributed by atoms with van der Waals surface area (Å²) in [5.41, 5.74) is 1.46. The molecular weight excluding hydrogens is 406 g/mol. The summed E-state index contributed by atoms with van der Waals surface area (Å²) < 4.78 is 37.8. The number of hydrogen-bond acceptors (Lipinski definition) is 5. The van der Waals surface area contributed by atoms with Crippen molar-refractivity contribution in [3.8, 4) is 5.75 Å². The minimum absolute atomic E-state index is 0.132. The van der Waals surface area contributed by atoms with Crippen LogP contribution < -0.4 is 10.1 Å². The number of methoxy groups -OCH3 is 1. The predicted molar refractivity (Wildman–Crippen MR) is 106 cm³/mol. The minimum Gasteiger partial charge on any atom is -0.495 e. The molecule has 2 N–H and O–H groups in total. The first-order valence-corrected chi connectivity index (χ1v) is 10.5. The molecule has 152 valence electrons. The molecule has 0 bridgehead atoms. The molecule has 0 atom stereocenters. The molecule has 0 unspecified atom stereocenters. The normalized spacial score (nSPS) is 15.4. The number of nitrogens with one attached hydrogen (secondary N) is 2. The highest BCUT2D eigenvalue weighted by Gasteiger charge is 2.32. The van der Waals surface area contributed by atoms with Crippen molar-refractivity contribution in [1.29, 1.82) is 0 Å². The van der Waals surface area contributed by atoms with E-state index in [1.165, 1.54) is 11.4 Å². The van der Waals surface area contributed by atoms with Crippen LogP contribution in [0.15, 0.2) is 23.1 Å². The number of halogens is 1. The molecule has 0 radical (unpaired) electrons. The monoisotopic (exact) mass is 427 g/mol. The van der Waals surface area contributed by atoms with Gasteiger partial charge in [0.05, 0.1) is 25.3 Å². The van der Waals surface area contributed by atoms with Crippen LogP contribution in [0.5, 0.6) is 5.75 Å². The van der Waals surface area contributed by atoms with Crippen molar-refractivity contribution in [2.75, 3.05) is 38.7 Å². The first-order valence-electron chi connectivity index (χ1n) is 8.67. The number of H-pyrrole nitrogens is 1. The number of ether oxygens (including phenoxy) is 2. The maximum absolute atomic E-state index is 13.0. The second kappa shape index (κ2) is 8.12. The van der Waals surface area contributed by atoms with Gasteiger partial charge in [0.15, 0.2) is 0 Å². The van der Waals surface area contributed by atoms with Crippen molar-refractivity contribution in [2.45, 2.75) is 18.7 Å². The molecule has 3 rings (SSSR count). The second-order valence-electron chi connectivity index (χ2n) is 6.40. The van der Waals surface area contributed by atoms with Crippen LogP contribution in [0.3, 0.4) is 0 Å².